The van der Waals surface area contributed by atoms with Gasteiger partial charge in [-0.3, -0.25) is 19.6 Å². The zero-order valence-electron chi connectivity index (χ0n) is 44.1. The van der Waals surface area contributed by atoms with Crippen LogP contribution in [0.25, 0.3) is 34.4 Å². The van der Waals surface area contributed by atoms with Crippen molar-refractivity contribution in [1.82, 2.24) is 20.6 Å². The van der Waals surface area contributed by atoms with Gasteiger partial charge in [0.15, 0.2) is 13.2 Å². The molecule has 0 radical (unpaired) electrons. The summed E-state index contributed by atoms with van der Waals surface area (Å²) in [5.41, 5.74) is 4.79. The average molecular weight is 1070 g/mol. The van der Waals surface area contributed by atoms with Crippen molar-refractivity contribution in [3.8, 4) is 22.3 Å². The molecular weight excluding hydrogens is 1010 g/mol. The SMILES string of the molecule is COC(=O)COC(=O)N[C@@H]1CC[C@@H]2[C@@H](C1)C[C@H]1C(=O)O[C@H](C)[C@H]1[C@H]2/C=C/c1ccc(-c2cccc(F)c2)cn1.COC(=O)COC(=O)N[C@H]1CC[C@@H]2[C@@H](C1)C[C@H]1C(=O)O[C@H](C)[C@H]1[C@H]2/C=C/c1ccc(-c2cccc(F)c2)cn1. The van der Waals surface area contributed by atoms with Crippen LogP contribution in [-0.2, 0) is 47.6 Å². The average Bonchev–Trinajstić information content (AvgIpc) is 4.07. The zero-order valence-corrected chi connectivity index (χ0v) is 44.1. The van der Waals surface area contributed by atoms with E-state index in [1.807, 2.05) is 62.4 Å². The van der Waals surface area contributed by atoms with E-state index in [0.717, 1.165) is 85.0 Å². The number of cyclic esters (lactones) is 2. The molecule has 2 aromatic carbocycles. The second-order valence-electron chi connectivity index (χ2n) is 21.4. The number of nitrogens with zero attached hydrogens (tertiary/aromatic N) is 2. The van der Waals surface area contributed by atoms with Crippen LogP contribution in [-0.4, -0.2) is 97.8 Å². The zero-order chi connectivity index (χ0) is 55.0. The number of hydrogen-bond donors (Lipinski definition) is 2. The summed E-state index contributed by atoms with van der Waals surface area (Å²) in [5, 5.41) is 5.74. The van der Waals surface area contributed by atoms with Crippen LogP contribution < -0.4 is 10.6 Å². The van der Waals surface area contributed by atoms with Gasteiger partial charge in [0.1, 0.15) is 23.8 Å². The summed E-state index contributed by atoms with van der Waals surface area (Å²) in [6.07, 6.45) is 16.5. The van der Waals surface area contributed by atoms with Crippen molar-refractivity contribution in [2.45, 2.75) is 89.5 Å². The number of allylic oxidation sites excluding steroid dienone is 2. The highest BCUT2D eigenvalue weighted by atomic mass is 19.1. The van der Waals surface area contributed by atoms with Crippen molar-refractivity contribution in [3.05, 3.63) is 120 Å². The fraction of sp³-hybridized carbons (Fsp3) is 0.467. The number of aromatic nitrogens is 2. The molecule has 78 heavy (non-hydrogen) atoms. The van der Waals surface area contributed by atoms with Crippen LogP contribution in [0.5, 0.6) is 0 Å². The Kier molecular flexibility index (Phi) is 17.6. The lowest BCUT2D eigenvalue weighted by Gasteiger charge is -2.47. The Morgan fingerprint density at radius 2 is 1.01 bits per heavy atom. The topological polar surface area (TPSA) is 208 Å². The summed E-state index contributed by atoms with van der Waals surface area (Å²) in [4.78, 5) is 81.5. The van der Waals surface area contributed by atoms with Gasteiger partial charge >= 0.3 is 36.1 Å². The Morgan fingerprint density at radius 3 is 1.38 bits per heavy atom. The predicted molar refractivity (Wildman–Crippen MR) is 281 cm³/mol. The Hall–Kier alpha value is -7.50. The number of halogens is 2. The number of methoxy groups -OCH3 is 2. The number of ether oxygens (including phenoxy) is 6. The van der Waals surface area contributed by atoms with E-state index >= 15 is 0 Å². The monoisotopic (exact) mass is 1070 g/mol. The lowest BCUT2D eigenvalue weighted by Crippen LogP contribution is -2.48. The number of benzene rings is 2. The smallest absolute Gasteiger partial charge is 0.407 e. The third-order valence-corrected chi connectivity index (χ3v) is 16.9. The van der Waals surface area contributed by atoms with Crippen molar-refractivity contribution in [2.24, 2.45) is 59.2 Å². The van der Waals surface area contributed by atoms with E-state index in [0.29, 0.717) is 11.8 Å². The van der Waals surface area contributed by atoms with Crippen molar-refractivity contribution < 1.29 is 66.0 Å². The van der Waals surface area contributed by atoms with E-state index in [4.69, 9.17) is 18.9 Å². The minimum Gasteiger partial charge on any atom is -0.466 e. The van der Waals surface area contributed by atoms with Gasteiger partial charge in [-0.05, 0) is 160 Å². The maximum absolute atomic E-state index is 13.6. The molecule has 6 fully saturated rings. The molecule has 0 unspecified atom stereocenters. The third kappa shape index (κ3) is 13.1. The van der Waals surface area contributed by atoms with Crippen LogP contribution in [0, 0.1) is 70.8 Å². The van der Waals surface area contributed by atoms with Gasteiger partial charge in [0, 0.05) is 47.4 Å². The highest BCUT2D eigenvalue weighted by Gasteiger charge is 2.56. The van der Waals surface area contributed by atoms with E-state index in [1.54, 1.807) is 24.5 Å². The lowest BCUT2D eigenvalue weighted by atomic mass is 9.57. The highest BCUT2D eigenvalue weighted by Crippen LogP contribution is 2.55. The first-order valence-electron chi connectivity index (χ1n) is 26.9. The normalized spacial score (nSPS) is 29.7. The molecule has 10 rings (SSSR count). The number of fused-ring (bicyclic) bond motifs is 4. The molecule has 0 bridgehead atoms. The molecule has 412 valence electrons. The minimum absolute atomic E-state index is 0.0931. The van der Waals surface area contributed by atoms with Crippen LogP contribution in [0.1, 0.15) is 76.6 Å². The predicted octanol–water partition coefficient (Wildman–Crippen LogP) is 9.57. The highest BCUT2D eigenvalue weighted by molar-refractivity contribution is 5.78. The molecule has 2 saturated heterocycles. The Labute approximate surface area is 452 Å². The number of rotatable bonds is 12. The maximum Gasteiger partial charge on any atom is 0.407 e. The van der Waals surface area contributed by atoms with Gasteiger partial charge in [-0.2, -0.15) is 0 Å². The number of pyridine rings is 2. The van der Waals surface area contributed by atoms with Crippen LogP contribution >= 0.6 is 0 Å². The van der Waals surface area contributed by atoms with E-state index < -0.39 is 37.3 Å². The summed E-state index contributed by atoms with van der Waals surface area (Å²) in [6.45, 7) is 3.08. The molecule has 4 heterocycles. The fourth-order valence-corrected chi connectivity index (χ4v) is 13.4. The van der Waals surface area contributed by atoms with Crippen molar-refractivity contribution in [2.75, 3.05) is 27.4 Å². The second kappa shape index (κ2) is 24.9. The standard InChI is InChI=1S/2C30H33FN2O6/c2*1-17-28-25(11-8-22-7-6-19(15-32-22)18-4-3-5-21(31)12-18)24-10-9-23(33-30(36)38-16-27(34)37-2)13-20(24)14-26(28)29(35)39-17/h2*3-8,11-12,15,17,20,23-26,28H,9-10,13-14,16H2,1-2H3,(H,33,36)/b2*11-8+/t17-,20+,23+,24-,25+,26-,28+;17-,20+,23-,24-,25+,26-,28+/m11/s1. The number of nitrogens with one attached hydrogen (secondary N) is 2. The Balaban J connectivity index is 0.000000190. The number of alkyl carbamates (subject to hydrolysis) is 2. The first-order valence-corrected chi connectivity index (χ1v) is 26.9. The van der Waals surface area contributed by atoms with Gasteiger partial charge in [-0.15, -0.1) is 0 Å². The molecule has 4 saturated carbocycles. The van der Waals surface area contributed by atoms with Crippen molar-refractivity contribution in [1.29, 1.82) is 0 Å². The van der Waals surface area contributed by atoms with Gasteiger partial charge in [0.25, 0.3) is 0 Å². The van der Waals surface area contributed by atoms with Crippen LogP contribution in [0.2, 0.25) is 0 Å². The van der Waals surface area contributed by atoms with Crippen LogP contribution in [0.4, 0.5) is 18.4 Å². The second-order valence-corrected chi connectivity index (χ2v) is 21.4. The summed E-state index contributed by atoms with van der Waals surface area (Å²) in [6, 6.07) is 20.3. The number of carbonyl (C=O) groups is 6. The molecule has 4 aromatic rings. The largest absolute Gasteiger partial charge is 0.466 e. The third-order valence-electron chi connectivity index (χ3n) is 16.9. The molecule has 4 aliphatic carbocycles. The number of hydrogen-bond acceptors (Lipinski definition) is 14. The minimum atomic E-state index is -0.643. The molecule has 0 spiro atoms. The summed E-state index contributed by atoms with van der Waals surface area (Å²) in [7, 11) is 2.47. The lowest BCUT2D eigenvalue weighted by molar-refractivity contribution is -0.145. The first-order chi connectivity index (χ1) is 37.6. The number of amides is 2. The van der Waals surface area contributed by atoms with Crippen LogP contribution in [0.15, 0.2) is 97.3 Å². The molecular formula is C60H66F2N4O12. The van der Waals surface area contributed by atoms with Gasteiger partial charge in [-0.25, -0.2) is 28.0 Å². The van der Waals surface area contributed by atoms with Gasteiger partial charge in [0.2, 0.25) is 0 Å². The van der Waals surface area contributed by atoms with Gasteiger partial charge in [-0.1, -0.05) is 48.6 Å². The molecule has 14 atom stereocenters. The van der Waals surface area contributed by atoms with E-state index in [-0.39, 0.29) is 95.2 Å². The number of carbonyl (C=O) groups excluding carboxylic acids is 6. The maximum atomic E-state index is 13.6. The molecule has 2 aromatic heterocycles. The van der Waals surface area contributed by atoms with E-state index in [9.17, 15) is 37.5 Å². The summed E-state index contributed by atoms with van der Waals surface area (Å²) < 4.78 is 57.5. The molecule has 2 amide bonds. The molecule has 2 aliphatic heterocycles. The summed E-state index contributed by atoms with van der Waals surface area (Å²) >= 11 is 0. The fourth-order valence-electron chi connectivity index (χ4n) is 13.4. The van der Waals surface area contributed by atoms with Crippen molar-refractivity contribution in [3.63, 3.8) is 0 Å². The van der Waals surface area contributed by atoms with Crippen molar-refractivity contribution >= 4 is 48.2 Å². The van der Waals surface area contributed by atoms with E-state index in [2.05, 4.69) is 42.2 Å². The van der Waals surface area contributed by atoms with Crippen LogP contribution in [0.3, 0.4) is 0 Å². The van der Waals surface area contributed by atoms with E-state index in [1.165, 1.54) is 38.5 Å². The van der Waals surface area contributed by atoms with Gasteiger partial charge in [0.05, 0.1) is 37.4 Å². The van der Waals surface area contributed by atoms with Gasteiger partial charge < -0.3 is 39.1 Å². The number of esters is 4. The molecule has 6 aliphatic rings. The molecule has 2 N–H and O–H groups in total. The molecule has 18 heteroatoms. The Bertz CT molecular complexity index is 2690. The summed E-state index contributed by atoms with van der Waals surface area (Å²) in [5.74, 6) is -0.841. The molecule has 16 nitrogen and oxygen atoms in total. The first kappa shape index (κ1) is 55.3. The quantitative estimate of drug-likeness (QED) is 0.100. The Morgan fingerprint density at radius 1 is 0.590 bits per heavy atom.